The molecule has 5 nitrogen and oxygen atoms in total. The van der Waals surface area contributed by atoms with Crippen molar-refractivity contribution in [3.8, 4) is 5.75 Å². The van der Waals surface area contributed by atoms with Crippen molar-refractivity contribution in [3.05, 3.63) is 29.8 Å². The van der Waals surface area contributed by atoms with Gasteiger partial charge in [-0.15, -0.1) is 0 Å². The lowest BCUT2D eigenvalue weighted by molar-refractivity contribution is -0.148. The first-order valence-electron chi connectivity index (χ1n) is 6.52. The fraction of sp³-hybridized carbons (Fsp3) is 0.429. The Morgan fingerprint density at radius 1 is 1.38 bits per heavy atom. The Bertz CT molecular complexity index is 560. The van der Waals surface area contributed by atoms with Gasteiger partial charge in [-0.1, -0.05) is 0 Å². The normalized spacial score (nSPS) is 15.4. The maximum absolute atomic E-state index is 13.1. The SMILES string of the molecule is CC(Oc1ccc(F)c(F)c1)C(=O)N(CC(=O)O)C1CC1. The van der Waals surface area contributed by atoms with Crippen molar-refractivity contribution in [1.82, 2.24) is 4.90 Å². The number of amides is 1. The van der Waals surface area contributed by atoms with E-state index in [2.05, 4.69) is 0 Å². The largest absolute Gasteiger partial charge is 0.481 e. The minimum atomic E-state index is -1.10. The number of hydrogen-bond acceptors (Lipinski definition) is 3. The van der Waals surface area contributed by atoms with Crippen LogP contribution in [0, 0.1) is 11.6 Å². The van der Waals surface area contributed by atoms with Crippen LogP contribution in [0.1, 0.15) is 19.8 Å². The van der Waals surface area contributed by atoms with Gasteiger partial charge in [0.1, 0.15) is 12.3 Å². The molecule has 0 radical (unpaired) electrons. The van der Waals surface area contributed by atoms with Gasteiger partial charge in [-0.25, -0.2) is 8.78 Å². The molecule has 1 aliphatic rings. The number of carboxylic acids is 1. The van der Waals surface area contributed by atoms with Crippen LogP contribution in [0.15, 0.2) is 18.2 Å². The summed E-state index contributed by atoms with van der Waals surface area (Å²) in [6.45, 7) is 1.05. The van der Waals surface area contributed by atoms with Crippen molar-refractivity contribution in [2.75, 3.05) is 6.54 Å². The first kappa shape index (κ1) is 15.2. The summed E-state index contributed by atoms with van der Waals surface area (Å²) in [7, 11) is 0. The summed E-state index contributed by atoms with van der Waals surface area (Å²) >= 11 is 0. The summed E-state index contributed by atoms with van der Waals surface area (Å²) in [4.78, 5) is 24.2. The number of benzene rings is 1. The summed E-state index contributed by atoms with van der Waals surface area (Å²) in [5, 5.41) is 8.82. The predicted molar refractivity (Wildman–Crippen MR) is 68.8 cm³/mol. The van der Waals surface area contributed by atoms with Gasteiger partial charge in [0.25, 0.3) is 5.91 Å². The van der Waals surface area contributed by atoms with Gasteiger partial charge in [-0.2, -0.15) is 0 Å². The van der Waals surface area contributed by atoms with Gasteiger partial charge >= 0.3 is 5.97 Å². The fourth-order valence-corrected chi connectivity index (χ4v) is 1.96. The fourth-order valence-electron chi connectivity index (χ4n) is 1.96. The molecule has 114 valence electrons. The van der Waals surface area contributed by atoms with E-state index in [0.29, 0.717) is 0 Å². The van der Waals surface area contributed by atoms with E-state index in [4.69, 9.17) is 9.84 Å². The molecule has 0 aromatic heterocycles. The quantitative estimate of drug-likeness (QED) is 0.870. The van der Waals surface area contributed by atoms with Crippen LogP contribution < -0.4 is 4.74 Å². The first-order valence-corrected chi connectivity index (χ1v) is 6.52. The van der Waals surface area contributed by atoms with Crippen LogP contribution in [0.2, 0.25) is 0 Å². The third kappa shape index (κ3) is 3.90. The third-order valence-electron chi connectivity index (χ3n) is 3.13. The minimum Gasteiger partial charge on any atom is -0.481 e. The van der Waals surface area contributed by atoms with Crippen molar-refractivity contribution in [2.45, 2.75) is 31.9 Å². The second kappa shape index (κ2) is 6.07. The molecule has 0 heterocycles. The van der Waals surface area contributed by atoms with Gasteiger partial charge in [0, 0.05) is 12.1 Å². The van der Waals surface area contributed by atoms with E-state index in [1.54, 1.807) is 0 Å². The predicted octanol–water partition coefficient (Wildman–Crippen LogP) is 1.81. The minimum absolute atomic E-state index is 0.0146. The Labute approximate surface area is 120 Å². The number of rotatable bonds is 6. The molecule has 1 saturated carbocycles. The zero-order chi connectivity index (χ0) is 15.6. The first-order chi connectivity index (χ1) is 9.88. The summed E-state index contributed by atoms with van der Waals surface area (Å²) in [6.07, 6.45) is 0.545. The molecule has 1 atom stereocenters. The number of nitrogens with zero attached hydrogens (tertiary/aromatic N) is 1. The highest BCUT2D eigenvalue weighted by Gasteiger charge is 2.36. The molecule has 0 spiro atoms. The van der Waals surface area contributed by atoms with Crippen LogP contribution in [0.4, 0.5) is 8.78 Å². The maximum Gasteiger partial charge on any atom is 0.323 e. The zero-order valence-electron chi connectivity index (χ0n) is 11.4. The Morgan fingerprint density at radius 2 is 2.05 bits per heavy atom. The van der Waals surface area contributed by atoms with Crippen molar-refractivity contribution < 1.29 is 28.2 Å². The van der Waals surface area contributed by atoms with Crippen LogP contribution >= 0.6 is 0 Å². The summed E-state index contributed by atoms with van der Waals surface area (Å²) in [5.74, 6) is -3.65. The molecular weight excluding hydrogens is 284 g/mol. The zero-order valence-corrected chi connectivity index (χ0v) is 11.4. The Balaban J connectivity index is 2.03. The molecule has 1 aromatic rings. The topological polar surface area (TPSA) is 66.8 Å². The monoisotopic (exact) mass is 299 g/mol. The molecule has 1 aliphatic carbocycles. The summed E-state index contributed by atoms with van der Waals surface area (Å²) in [5.41, 5.74) is 0. The van der Waals surface area contributed by atoms with Gasteiger partial charge in [-0.05, 0) is 31.9 Å². The molecule has 1 unspecified atom stereocenters. The van der Waals surface area contributed by atoms with Gasteiger partial charge < -0.3 is 14.7 Å². The highest BCUT2D eigenvalue weighted by Crippen LogP contribution is 2.28. The maximum atomic E-state index is 13.1. The van der Waals surface area contributed by atoms with E-state index in [1.165, 1.54) is 17.9 Å². The standard InChI is InChI=1S/C14H15F2NO4/c1-8(21-10-4-5-11(15)12(16)6-10)14(20)17(7-13(18)19)9-2-3-9/h4-6,8-9H,2-3,7H2,1H3,(H,18,19). The number of halogens is 2. The number of carbonyl (C=O) groups is 2. The Kier molecular flexibility index (Phi) is 4.40. The molecule has 2 rings (SSSR count). The lowest BCUT2D eigenvalue weighted by Gasteiger charge is -2.24. The molecule has 7 heteroatoms. The van der Waals surface area contributed by atoms with E-state index in [0.717, 1.165) is 25.0 Å². The van der Waals surface area contributed by atoms with Gasteiger partial charge in [-0.3, -0.25) is 9.59 Å². The molecule has 1 aromatic carbocycles. The molecule has 0 saturated heterocycles. The summed E-state index contributed by atoms with van der Waals surface area (Å²) < 4.78 is 31.1. The second-order valence-corrected chi connectivity index (χ2v) is 4.93. The van der Waals surface area contributed by atoms with E-state index >= 15 is 0 Å². The highest BCUT2D eigenvalue weighted by molar-refractivity contribution is 5.85. The van der Waals surface area contributed by atoms with Crippen molar-refractivity contribution in [1.29, 1.82) is 0 Å². The lowest BCUT2D eigenvalue weighted by atomic mass is 10.3. The molecule has 21 heavy (non-hydrogen) atoms. The summed E-state index contributed by atoms with van der Waals surface area (Å²) in [6, 6.07) is 2.88. The number of carboxylic acid groups (broad SMARTS) is 1. The molecular formula is C14H15F2NO4. The Morgan fingerprint density at radius 3 is 2.57 bits per heavy atom. The van der Waals surface area contributed by atoms with E-state index in [1.807, 2.05) is 0 Å². The number of aliphatic carboxylic acids is 1. The van der Waals surface area contributed by atoms with Gasteiger partial charge in [0.05, 0.1) is 0 Å². The number of hydrogen-bond donors (Lipinski definition) is 1. The van der Waals surface area contributed by atoms with Crippen LogP contribution in [-0.4, -0.2) is 40.6 Å². The smallest absolute Gasteiger partial charge is 0.323 e. The molecule has 0 bridgehead atoms. The second-order valence-electron chi connectivity index (χ2n) is 4.93. The lowest BCUT2D eigenvalue weighted by Crippen LogP contribution is -2.44. The Hall–Kier alpha value is -2.18. The van der Waals surface area contributed by atoms with Gasteiger partial charge in [0.15, 0.2) is 17.7 Å². The van der Waals surface area contributed by atoms with Crippen LogP contribution in [-0.2, 0) is 9.59 Å². The van der Waals surface area contributed by atoms with Crippen molar-refractivity contribution >= 4 is 11.9 Å². The molecule has 1 N–H and O–H groups in total. The van der Waals surface area contributed by atoms with E-state index < -0.39 is 36.2 Å². The van der Waals surface area contributed by atoms with Crippen molar-refractivity contribution in [2.24, 2.45) is 0 Å². The average Bonchev–Trinajstić information content (AvgIpc) is 3.23. The number of ether oxygens (including phenoxy) is 1. The van der Waals surface area contributed by atoms with Crippen LogP contribution in [0.25, 0.3) is 0 Å². The molecule has 0 aliphatic heterocycles. The van der Waals surface area contributed by atoms with E-state index in [-0.39, 0.29) is 11.8 Å². The van der Waals surface area contributed by atoms with Gasteiger partial charge in [0.2, 0.25) is 0 Å². The average molecular weight is 299 g/mol. The highest BCUT2D eigenvalue weighted by atomic mass is 19.2. The number of carbonyl (C=O) groups excluding carboxylic acids is 1. The third-order valence-corrected chi connectivity index (χ3v) is 3.13. The molecule has 1 amide bonds. The van der Waals surface area contributed by atoms with Crippen molar-refractivity contribution in [3.63, 3.8) is 0 Å². The van der Waals surface area contributed by atoms with Crippen LogP contribution in [0.5, 0.6) is 5.75 Å². The molecule has 1 fully saturated rings. The van der Waals surface area contributed by atoms with Crippen LogP contribution in [0.3, 0.4) is 0 Å². The van der Waals surface area contributed by atoms with E-state index in [9.17, 15) is 18.4 Å².